The molecule has 202 valence electrons. The van der Waals surface area contributed by atoms with Crippen LogP contribution in [0.3, 0.4) is 0 Å². The molecule has 0 atom stereocenters. The predicted molar refractivity (Wildman–Crippen MR) is 186 cm³/mol. The quantitative estimate of drug-likeness (QED) is 0.206. The monoisotopic (exact) mass is 566 g/mol. The third-order valence-electron chi connectivity index (χ3n) is 8.53. The number of nitrogens with zero attached hydrogens (tertiary/aromatic N) is 2. The first-order chi connectivity index (χ1) is 21.4. The molecule has 0 unspecified atom stereocenters. The van der Waals surface area contributed by atoms with Crippen molar-refractivity contribution in [2.75, 3.05) is 4.90 Å². The van der Waals surface area contributed by atoms with Crippen molar-refractivity contribution in [1.82, 2.24) is 4.57 Å². The topological polar surface area (TPSA) is 8.17 Å². The normalized spacial score (nSPS) is 11.7. The molecule has 2 aromatic heterocycles. The van der Waals surface area contributed by atoms with E-state index in [1.165, 1.54) is 58.4 Å². The third kappa shape index (κ3) is 3.65. The summed E-state index contributed by atoms with van der Waals surface area (Å²) in [7, 11) is 0. The Morgan fingerprint density at radius 1 is 0.488 bits per heavy atom. The van der Waals surface area contributed by atoms with Crippen molar-refractivity contribution in [2.45, 2.75) is 0 Å². The van der Waals surface area contributed by atoms with Gasteiger partial charge in [-0.1, -0.05) is 109 Å². The lowest BCUT2D eigenvalue weighted by Crippen LogP contribution is -2.12. The van der Waals surface area contributed by atoms with Crippen LogP contribution in [-0.2, 0) is 0 Å². The van der Waals surface area contributed by atoms with Crippen LogP contribution in [0.4, 0.5) is 17.1 Å². The molecule has 0 aliphatic carbocycles. The Hall–Kier alpha value is -5.38. The minimum atomic E-state index is 1.13. The van der Waals surface area contributed by atoms with E-state index in [1.807, 2.05) is 11.3 Å². The Morgan fingerprint density at radius 2 is 1.14 bits per heavy atom. The second-order valence-electron chi connectivity index (χ2n) is 11.0. The molecule has 0 aliphatic heterocycles. The summed E-state index contributed by atoms with van der Waals surface area (Å²) < 4.78 is 5.03. The summed E-state index contributed by atoms with van der Waals surface area (Å²) in [5.41, 5.74) is 7.03. The van der Waals surface area contributed by atoms with E-state index >= 15 is 0 Å². The zero-order valence-corrected chi connectivity index (χ0v) is 24.1. The van der Waals surface area contributed by atoms with Crippen LogP contribution in [-0.4, -0.2) is 4.57 Å². The van der Waals surface area contributed by atoms with Crippen LogP contribution in [0.1, 0.15) is 0 Å². The van der Waals surface area contributed by atoms with Gasteiger partial charge < -0.3 is 9.47 Å². The molecular formula is C40H26N2S. The van der Waals surface area contributed by atoms with Gasteiger partial charge in [-0.05, 0) is 59.3 Å². The van der Waals surface area contributed by atoms with Crippen LogP contribution in [0.25, 0.3) is 58.4 Å². The number of hydrogen-bond acceptors (Lipinski definition) is 2. The van der Waals surface area contributed by atoms with Crippen molar-refractivity contribution in [3.63, 3.8) is 0 Å². The number of para-hydroxylation sites is 4. The fraction of sp³-hybridized carbons (Fsp3) is 0. The molecule has 2 heterocycles. The van der Waals surface area contributed by atoms with Gasteiger partial charge >= 0.3 is 0 Å². The smallest absolute Gasteiger partial charge is 0.0782 e. The molecule has 0 amide bonds. The lowest BCUT2D eigenvalue weighted by molar-refractivity contribution is 1.17. The van der Waals surface area contributed by atoms with Gasteiger partial charge in [0, 0.05) is 37.6 Å². The maximum absolute atomic E-state index is 2.48. The summed E-state index contributed by atoms with van der Waals surface area (Å²) in [6.07, 6.45) is 0. The first kappa shape index (κ1) is 24.2. The Bertz CT molecular complexity index is 2450. The zero-order chi connectivity index (χ0) is 28.3. The molecule has 0 bridgehead atoms. The Kier molecular flexibility index (Phi) is 5.40. The van der Waals surface area contributed by atoms with Gasteiger partial charge in [-0.15, -0.1) is 11.3 Å². The number of aromatic nitrogens is 1. The van der Waals surface area contributed by atoms with Gasteiger partial charge in [0.25, 0.3) is 0 Å². The van der Waals surface area contributed by atoms with Gasteiger partial charge in [-0.3, -0.25) is 0 Å². The van der Waals surface area contributed by atoms with Gasteiger partial charge in [-0.25, -0.2) is 0 Å². The maximum Gasteiger partial charge on any atom is 0.0782 e. The van der Waals surface area contributed by atoms with Crippen LogP contribution < -0.4 is 4.90 Å². The van der Waals surface area contributed by atoms with Crippen molar-refractivity contribution in [3.8, 4) is 5.69 Å². The highest BCUT2D eigenvalue weighted by Crippen LogP contribution is 2.50. The van der Waals surface area contributed by atoms with Gasteiger partial charge in [0.2, 0.25) is 0 Å². The molecular weight excluding hydrogens is 541 g/mol. The zero-order valence-electron chi connectivity index (χ0n) is 23.3. The van der Waals surface area contributed by atoms with Crippen LogP contribution >= 0.6 is 11.3 Å². The summed E-state index contributed by atoms with van der Waals surface area (Å²) in [5.74, 6) is 0. The molecule has 0 saturated carbocycles. The lowest BCUT2D eigenvalue weighted by Gasteiger charge is -2.28. The van der Waals surface area contributed by atoms with E-state index in [0.717, 1.165) is 17.1 Å². The number of anilines is 3. The summed E-state index contributed by atoms with van der Waals surface area (Å²) >= 11 is 1.88. The van der Waals surface area contributed by atoms with E-state index in [9.17, 15) is 0 Å². The third-order valence-corrected chi connectivity index (χ3v) is 9.73. The highest BCUT2D eigenvalue weighted by Gasteiger charge is 2.24. The fourth-order valence-corrected chi connectivity index (χ4v) is 7.96. The SMILES string of the molecule is c1ccc(N(c2cc3ccccc3c3c2sc2ccccc23)c2cccc3c4ccccc4n(-c4ccccc4)c23)cc1. The first-order valence-corrected chi connectivity index (χ1v) is 15.4. The van der Waals surface area contributed by atoms with Gasteiger partial charge in [0.15, 0.2) is 0 Å². The first-order valence-electron chi connectivity index (χ1n) is 14.6. The molecule has 0 radical (unpaired) electrons. The molecule has 9 aromatic rings. The van der Waals surface area contributed by atoms with E-state index < -0.39 is 0 Å². The van der Waals surface area contributed by atoms with Crippen molar-refractivity contribution < 1.29 is 0 Å². The molecule has 2 nitrogen and oxygen atoms in total. The van der Waals surface area contributed by atoms with Gasteiger partial charge in [-0.2, -0.15) is 0 Å². The molecule has 0 fully saturated rings. The number of hydrogen-bond donors (Lipinski definition) is 0. The summed E-state index contributed by atoms with van der Waals surface area (Å²) in [6, 6.07) is 57.1. The fourth-order valence-electron chi connectivity index (χ4n) is 6.73. The van der Waals surface area contributed by atoms with E-state index in [2.05, 4.69) is 167 Å². The minimum absolute atomic E-state index is 1.13. The highest BCUT2D eigenvalue weighted by molar-refractivity contribution is 7.26. The van der Waals surface area contributed by atoms with Gasteiger partial charge in [0.05, 0.1) is 27.1 Å². The number of thiophene rings is 1. The molecule has 43 heavy (non-hydrogen) atoms. The average Bonchev–Trinajstić information content (AvgIpc) is 3.63. The largest absolute Gasteiger partial charge is 0.307 e. The second-order valence-corrected chi connectivity index (χ2v) is 12.0. The van der Waals surface area contributed by atoms with Crippen LogP contribution in [0.5, 0.6) is 0 Å². The van der Waals surface area contributed by atoms with E-state index in [1.54, 1.807) is 0 Å². The molecule has 0 aliphatic rings. The lowest BCUT2D eigenvalue weighted by atomic mass is 10.0. The van der Waals surface area contributed by atoms with E-state index in [0.29, 0.717) is 0 Å². The summed E-state index contributed by atoms with van der Waals surface area (Å²) in [4.78, 5) is 2.48. The second kappa shape index (κ2) is 9.59. The summed E-state index contributed by atoms with van der Waals surface area (Å²) in [5, 5.41) is 7.66. The average molecular weight is 567 g/mol. The molecule has 7 aromatic carbocycles. The Labute approximate surface area is 253 Å². The van der Waals surface area contributed by atoms with Crippen molar-refractivity contribution in [3.05, 3.63) is 158 Å². The molecule has 0 N–H and O–H groups in total. The van der Waals surface area contributed by atoms with Crippen molar-refractivity contribution in [1.29, 1.82) is 0 Å². The van der Waals surface area contributed by atoms with Crippen LogP contribution in [0, 0.1) is 0 Å². The van der Waals surface area contributed by atoms with Crippen LogP contribution in [0.2, 0.25) is 0 Å². The number of rotatable bonds is 4. The minimum Gasteiger partial charge on any atom is -0.307 e. The van der Waals surface area contributed by atoms with Crippen LogP contribution in [0.15, 0.2) is 158 Å². The van der Waals surface area contributed by atoms with E-state index in [-0.39, 0.29) is 0 Å². The molecule has 9 rings (SSSR count). The van der Waals surface area contributed by atoms with Crippen molar-refractivity contribution in [2.24, 2.45) is 0 Å². The molecule has 0 spiro atoms. The van der Waals surface area contributed by atoms with E-state index in [4.69, 9.17) is 0 Å². The predicted octanol–water partition coefficient (Wildman–Crippen LogP) is 11.8. The van der Waals surface area contributed by atoms with Gasteiger partial charge in [0.1, 0.15) is 0 Å². The standard InChI is InChI=1S/C40H26N2S/c1-3-15-28(16-4-1)41(36-26-27-14-7-8-19-30(27)38-33-21-10-12-25-37(33)43-40(36)38)35-24-13-22-32-31-20-9-11-23-34(31)42(39(32)35)29-17-5-2-6-18-29/h1-26H. The molecule has 0 saturated heterocycles. The number of fused-ring (bicyclic) bond motifs is 8. The highest BCUT2D eigenvalue weighted by atomic mass is 32.1. The number of benzene rings is 7. The summed E-state index contributed by atoms with van der Waals surface area (Å²) in [6.45, 7) is 0. The van der Waals surface area contributed by atoms with Crippen molar-refractivity contribution >= 4 is 81.1 Å². The Morgan fingerprint density at radius 3 is 1.98 bits per heavy atom. The molecule has 3 heteroatoms. The maximum atomic E-state index is 2.48. The Balaban J connectivity index is 1.47.